The molecule has 0 spiro atoms. The highest BCUT2D eigenvalue weighted by atomic mass is 32.2. The number of carbonyl (C=O) groups is 1. The van der Waals surface area contributed by atoms with Crippen molar-refractivity contribution in [2.45, 2.75) is 24.7 Å². The minimum absolute atomic E-state index is 0.0948. The van der Waals surface area contributed by atoms with E-state index in [9.17, 15) is 23.4 Å². The first-order chi connectivity index (χ1) is 13.8. The summed E-state index contributed by atoms with van der Waals surface area (Å²) in [6.07, 6.45) is 2.49. The first-order valence-electron chi connectivity index (χ1n) is 9.19. The van der Waals surface area contributed by atoms with Crippen LogP contribution < -0.4 is 5.43 Å². The summed E-state index contributed by atoms with van der Waals surface area (Å²) in [5, 5.41) is 22.6. The van der Waals surface area contributed by atoms with Gasteiger partial charge in [-0.2, -0.15) is 9.41 Å². The Morgan fingerprint density at radius 2 is 1.90 bits per heavy atom. The number of aryl methyl sites for hydroxylation is 1. The summed E-state index contributed by atoms with van der Waals surface area (Å²) in [6, 6.07) is 10.8. The number of phenols is 2. The number of sulfonamides is 1. The highest BCUT2D eigenvalue weighted by Gasteiger charge is 2.33. The van der Waals surface area contributed by atoms with E-state index in [1.54, 1.807) is 24.3 Å². The number of piperidine rings is 1. The van der Waals surface area contributed by atoms with Gasteiger partial charge in [0.1, 0.15) is 0 Å². The number of nitrogens with zero attached hydrogens (tertiary/aromatic N) is 2. The summed E-state index contributed by atoms with van der Waals surface area (Å²) in [5.41, 5.74) is 3.88. The van der Waals surface area contributed by atoms with E-state index in [2.05, 4.69) is 10.5 Å². The summed E-state index contributed by atoms with van der Waals surface area (Å²) >= 11 is 0. The van der Waals surface area contributed by atoms with Gasteiger partial charge in [0.05, 0.1) is 17.0 Å². The lowest BCUT2D eigenvalue weighted by atomic mass is 9.99. The number of hydrogen-bond donors (Lipinski definition) is 3. The number of aromatic hydroxyl groups is 2. The molecular weight excluding hydrogens is 394 g/mol. The van der Waals surface area contributed by atoms with E-state index in [4.69, 9.17) is 0 Å². The van der Waals surface area contributed by atoms with E-state index in [1.165, 1.54) is 28.7 Å². The van der Waals surface area contributed by atoms with Gasteiger partial charge in [-0.15, -0.1) is 0 Å². The normalized spacial score (nSPS) is 18.0. The Kier molecular flexibility index (Phi) is 6.19. The molecular formula is C20H23N3O5S. The van der Waals surface area contributed by atoms with E-state index in [1.807, 2.05) is 6.92 Å². The van der Waals surface area contributed by atoms with Gasteiger partial charge in [-0.3, -0.25) is 4.79 Å². The highest BCUT2D eigenvalue weighted by molar-refractivity contribution is 7.89. The third kappa shape index (κ3) is 4.93. The molecule has 0 saturated carbocycles. The molecule has 1 amide bonds. The standard InChI is InChI=1S/C20H23N3O5S/c1-14-4-7-17(8-5-14)29(27,28)23-10-2-3-16(13-23)20(26)22-21-12-15-6-9-18(24)19(25)11-15/h4-9,11-12,16,24-25H,2-3,10,13H2,1H3,(H,22,26)/b21-12+/t16-/m0/s1. The molecule has 0 radical (unpaired) electrons. The van der Waals surface area contributed by atoms with Crippen LogP contribution in [0.5, 0.6) is 11.5 Å². The summed E-state index contributed by atoms with van der Waals surface area (Å²) in [5.74, 6) is -1.41. The first-order valence-corrected chi connectivity index (χ1v) is 10.6. The zero-order valence-corrected chi connectivity index (χ0v) is 16.8. The van der Waals surface area contributed by atoms with Gasteiger partial charge in [-0.25, -0.2) is 13.8 Å². The SMILES string of the molecule is Cc1ccc(S(=O)(=O)N2CCC[C@H](C(=O)N/N=C/c3ccc(O)c(O)c3)C2)cc1. The fourth-order valence-corrected chi connectivity index (χ4v) is 4.64. The maximum absolute atomic E-state index is 12.8. The summed E-state index contributed by atoms with van der Waals surface area (Å²) in [4.78, 5) is 12.6. The maximum atomic E-state index is 12.8. The largest absolute Gasteiger partial charge is 0.504 e. The molecule has 154 valence electrons. The van der Waals surface area contributed by atoms with Crippen LogP contribution in [0.25, 0.3) is 0 Å². The average Bonchev–Trinajstić information content (AvgIpc) is 2.71. The number of rotatable bonds is 5. The van der Waals surface area contributed by atoms with E-state index in [0.29, 0.717) is 24.9 Å². The quantitative estimate of drug-likeness (QED) is 0.390. The van der Waals surface area contributed by atoms with Gasteiger partial charge in [-0.1, -0.05) is 17.7 Å². The second-order valence-electron chi connectivity index (χ2n) is 7.00. The third-order valence-electron chi connectivity index (χ3n) is 4.80. The molecule has 1 aliphatic heterocycles. The molecule has 1 fully saturated rings. The monoisotopic (exact) mass is 417 g/mol. The number of phenolic OH excluding ortho intramolecular Hbond substituents is 2. The first kappa shape index (κ1) is 20.8. The van der Waals surface area contributed by atoms with Crippen LogP contribution in [-0.2, 0) is 14.8 Å². The predicted molar refractivity (Wildman–Crippen MR) is 108 cm³/mol. The Labute approximate surface area is 169 Å². The second-order valence-corrected chi connectivity index (χ2v) is 8.94. The second kappa shape index (κ2) is 8.62. The zero-order valence-electron chi connectivity index (χ0n) is 15.9. The van der Waals surface area contributed by atoms with Crippen LogP contribution in [-0.4, -0.2) is 48.1 Å². The van der Waals surface area contributed by atoms with Gasteiger partial charge in [0.25, 0.3) is 0 Å². The van der Waals surface area contributed by atoms with Crippen LogP contribution >= 0.6 is 0 Å². The van der Waals surface area contributed by atoms with Crippen molar-refractivity contribution in [1.82, 2.24) is 9.73 Å². The number of benzene rings is 2. The molecule has 29 heavy (non-hydrogen) atoms. The van der Waals surface area contributed by atoms with Crippen molar-refractivity contribution in [2.24, 2.45) is 11.0 Å². The minimum Gasteiger partial charge on any atom is -0.504 e. The van der Waals surface area contributed by atoms with Crippen molar-refractivity contribution in [3.63, 3.8) is 0 Å². The molecule has 3 N–H and O–H groups in total. The fraction of sp³-hybridized carbons (Fsp3) is 0.300. The van der Waals surface area contributed by atoms with Gasteiger partial charge < -0.3 is 10.2 Å². The van der Waals surface area contributed by atoms with Crippen molar-refractivity contribution in [1.29, 1.82) is 0 Å². The van der Waals surface area contributed by atoms with E-state index < -0.39 is 15.9 Å². The molecule has 0 aromatic heterocycles. The third-order valence-corrected chi connectivity index (χ3v) is 6.68. The smallest absolute Gasteiger partial charge is 0.244 e. The van der Waals surface area contributed by atoms with Crippen molar-refractivity contribution in [3.05, 3.63) is 53.6 Å². The number of hydrogen-bond acceptors (Lipinski definition) is 6. The van der Waals surface area contributed by atoms with Crippen LogP contribution in [0.15, 0.2) is 52.5 Å². The Morgan fingerprint density at radius 1 is 1.17 bits per heavy atom. The topological polar surface area (TPSA) is 119 Å². The van der Waals surface area contributed by atoms with Gasteiger partial charge in [0.2, 0.25) is 15.9 Å². The van der Waals surface area contributed by atoms with Crippen LogP contribution in [0.4, 0.5) is 0 Å². The molecule has 0 aliphatic carbocycles. The predicted octanol–water partition coefficient (Wildman–Crippen LogP) is 1.96. The van der Waals surface area contributed by atoms with Crippen molar-refractivity contribution < 1.29 is 23.4 Å². The summed E-state index contributed by atoms with van der Waals surface area (Å²) < 4.78 is 27.0. The lowest BCUT2D eigenvalue weighted by Crippen LogP contribution is -2.44. The Balaban J connectivity index is 1.63. The lowest BCUT2D eigenvalue weighted by Gasteiger charge is -2.30. The Morgan fingerprint density at radius 3 is 2.59 bits per heavy atom. The molecule has 2 aromatic carbocycles. The molecule has 1 saturated heterocycles. The molecule has 8 nitrogen and oxygen atoms in total. The van der Waals surface area contributed by atoms with Crippen molar-refractivity contribution >= 4 is 22.1 Å². The molecule has 1 atom stereocenters. The summed E-state index contributed by atoms with van der Waals surface area (Å²) in [6.45, 7) is 2.35. The minimum atomic E-state index is -3.65. The Bertz CT molecular complexity index is 1020. The average molecular weight is 417 g/mol. The molecule has 2 aromatic rings. The van der Waals surface area contributed by atoms with Gasteiger partial charge in [0.15, 0.2) is 11.5 Å². The van der Waals surface area contributed by atoms with Crippen LogP contribution in [0, 0.1) is 12.8 Å². The van der Waals surface area contributed by atoms with Crippen molar-refractivity contribution in [3.8, 4) is 11.5 Å². The number of amides is 1. The molecule has 1 heterocycles. The van der Waals surface area contributed by atoms with E-state index >= 15 is 0 Å². The van der Waals surface area contributed by atoms with Crippen LogP contribution in [0.3, 0.4) is 0 Å². The molecule has 0 unspecified atom stereocenters. The number of hydrazone groups is 1. The van der Waals surface area contributed by atoms with Crippen LogP contribution in [0.1, 0.15) is 24.0 Å². The highest BCUT2D eigenvalue weighted by Crippen LogP contribution is 2.25. The molecule has 9 heteroatoms. The zero-order chi connectivity index (χ0) is 21.0. The lowest BCUT2D eigenvalue weighted by molar-refractivity contribution is -0.126. The van der Waals surface area contributed by atoms with Gasteiger partial charge in [-0.05, 0) is 55.7 Å². The van der Waals surface area contributed by atoms with E-state index in [-0.39, 0.29) is 28.8 Å². The molecule has 1 aliphatic rings. The summed E-state index contributed by atoms with van der Waals surface area (Å²) in [7, 11) is -3.65. The van der Waals surface area contributed by atoms with Crippen LogP contribution in [0.2, 0.25) is 0 Å². The van der Waals surface area contributed by atoms with Gasteiger partial charge >= 0.3 is 0 Å². The Hall–Kier alpha value is -2.91. The van der Waals surface area contributed by atoms with Gasteiger partial charge in [0, 0.05) is 13.1 Å². The van der Waals surface area contributed by atoms with E-state index in [0.717, 1.165) is 5.56 Å². The van der Waals surface area contributed by atoms with Crippen molar-refractivity contribution in [2.75, 3.05) is 13.1 Å². The number of nitrogens with one attached hydrogen (secondary N) is 1. The number of carbonyl (C=O) groups excluding carboxylic acids is 1. The maximum Gasteiger partial charge on any atom is 0.244 e. The fourth-order valence-electron chi connectivity index (χ4n) is 3.12. The molecule has 0 bridgehead atoms. The molecule has 3 rings (SSSR count).